The first-order valence-corrected chi connectivity index (χ1v) is 6.93. The van der Waals surface area contributed by atoms with Gasteiger partial charge in [-0.25, -0.2) is 8.42 Å². The maximum absolute atomic E-state index is 11.1. The normalized spacial score (nSPS) is 14.1. The molecule has 1 aromatic rings. The fourth-order valence-electron chi connectivity index (χ4n) is 1.40. The van der Waals surface area contributed by atoms with Crippen LogP contribution in [0.25, 0.3) is 0 Å². The third-order valence-electron chi connectivity index (χ3n) is 1.97. The molecule has 5 nitrogen and oxygen atoms in total. The Bertz CT molecular complexity index is 441. The summed E-state index contributed by atoms with van der Waals surface area (Å²) in [5, 5.41) is 4.41. The smallest absolute Gasteiger partial charge is 0.149 e. The predicted molar refractivity (Wildman–Crippen MR) is 59.6 cm³/mol. The van der Waals surface area contributed by atoms with Gasteiger partial charge in [-0.2, -0.15) is 5.10 Å². The standard InChI is InChI=1S/C8H14ClN3O2S/c1-3-12-8(6(9)4-11-12)7(10)5-15(2,13)14/h4,7H,3,5,10H2,1-2H3. The first-order valence-electron chi connectivity index (χ1n) is 4.49. The molecular weight excluding hydrogens is 238 g/mol. The zero-order chi connectivity index (χ0) is 11.6. The highest BCUT2D eigenvalue weighted by Crippen LogP contribution is 2.22. The largest absolute Gasteiger partial charge is 0.322 e. The number of sulfone groups is 1. The van der Waals surface area contributed by atoms with Crippen molar-refractivity contribution in [2.45, 2.75) is 19.5 Å². The highest BCUT2D eigenvalue weighted by molar-refractivity contribution is 7.90. The number of nitrogens with two attached hydrogens (primary N) is 1. The Kier molecular flexibility index (Phi) is 3.75. The van der Waals surface area contributed by atoms with Gasteiger partial charge in [0.1, 0.15) is 9.84 Å². The third-order valence-corrected chi connectivity index (χ3v) is 3.22. The van der Waals surface area contributed by atoms with Gasteiger partial charge in [0.2, 0.25) is 0 Å². The zero-order valence-electron chi connectivity index (χ0n) is 8.64. The van der Waals surface area contributed by atoms with Crippen LogP contribution < -0.4 is 5.73 Å². The minimum atomic E-state index is -3.12. The Morgan fingerprint density at radius 3 is 2.73 bits per heavy atom. The van der Waals surface area contributed by atoms with Gasteiger partial charge in [0.25, 0.3) is 0 Å². The average molecular weight is 252 g/mol. The molecule has 1 unspecified atom stereocenters. The molecule has 0 aromatic carbocycles. The third kappa shape index (κ3) is 3.19. The summed E-state index contributed by atoms with van der Waals surface area (Å²) in [6.45, 7) is 2.50. The summed E-state index contributed by atoms with van der Waals surface area (Å²) in [5.74, 6) is -0.127. The lowest BCUT2D eigenvalue weighted by atomic mass is 10.2. The van der Waals surface area contributed by atoms with Crippen molar-refractivity contribution >= 4 is 21.4 Å². The van der Waals surface area contributed by atoms with Crippen molar-refractivity contribution in [2.75, 3.05) is 12.0 Å². The molecule has 1 heterocycles. The maximum Gasteiger partial charge on any atom is 0.149 e. The topological polar surface area (TPSA) is 78.0 Å². The molecule has 86 valence electrons. The second kappa shape index (κ2) is 4.51. The van der Waals surface area contributed by atoms with Gasteiger partial charge >= 0.3 is 0 Å². The summed E-state index contributed by atoms with van der Waals surface area (Å²) in [5.41, 5.74) is 6.35. The van der Waals surface area contributed by atoms with E-state index in [9.17, 15) is 8.42 Å². The van der Waals surface area contributed by atoms with E-state index in [1.54, 1.807) is 4.68 Å². The van der Waals surface area contributed by atoms with Crippen molar-refractivity contribution in [1.82, 2.24) is 9.78 Å². The first kappa shape index (κ1) is 12.5. The van der Waals surface area contributed by atoms with Crippen LogP contribution in [0.1, 0.15) is 18.7 Å². The Morgan fingerprint density at radius 1 is 1.67 bits per heavy atom. The monoisotopic (exact) mass is 251 g/mol. The Morgan fingerprint density at radius 2 is 2.27 bits per heavy atom. The van der Waals surface area contributed by atoms with Crippen molar-refractivity contribution in [3.05, 3.63) is 16.9 Å². The van der Waals surface area contributed by atoms with E-state index in [0.29, 0.717) is 17.3 Å². The van der Waals surface area contributed by atoms with Gasteiger partial charge in [-0.3, -0.25) is 4.68 Å². The van der Waals surface area contributed by atoms with Crippen molar-refractivity contribution in [2.24, 2.45) is 5.73 Å². The van der Waals surface area contributed by atoms with Gasteiger partial charge in [-0.05, 0) is 6.92 Å². The van der Waals surface area contributed by atoms with E-state index < -0.39 is 15.9 Å². The minimum Gasteiger partial charge on any atom is -0.322 e. The van der Waals surface area contributed by atoms with Gasteiger partial charge < -0.3 is 5.73 Å². The molecule has 0 spiro atoms. The quantitative estimate of drug-likeness (QED) is 0.850. The van der Waals surface area contributed by atoms with E-state index in [2.05, 4.69) is 5.10 Å². The number of nitrogens with zero attached hydrogens (tertiary/aromatic N) is 2. The van der Waals surface area contributed by atoms with Crippen LogP contribution in [0.15, 0.2) is 6.20 Å². The van der Waals surface area contributed by atoms with E-state index in [-0.39, 0.29) is 5.75 Å². The minimum absolute atomic E-state index is 0.127. The van der Waals surface area contributed by atoms with E-state index in [1.807, 2.05) is 6.92 Å². The molecule has 7 heteroatoms. The Hall–Kier alpha value is -0.590. The van der Waals surface area contributed by atoms with Crippen LogP contribution in [-0.2, 0) is 16.4 Å². The molecule has 0 saturated carbocycles. The number of rotatable bonds is 4. The van der Waals surface area contributed by atoms with Gasteiger partial charge in [-0.1, -0.05) is 11.6 Å². The van der Waals surface area contributed by atoms with Crippen molar-refractivity contribution < 1.29 is 8.42 Å². The number of aryl methyl sites for hydroxylation is 1. The molecule has 0 amide bonds. The van der Waals surface area contributed by atoms with Gasteiger partial charge in [0.15, 0.2) is 0 Å². The van der Waals surface area contributed by atoms with E-state index in [0.717, 1.165) is 6.26 Å². The maximum atomic E-state index is 11.1. The molecule has 2 N–H and O–H groups in total. The summed E-state index contributed by atoms with van der Waals surface area (Å²) in [7, 11) is -3.12. The summed E-state index contributed by atoms with van der Waals surface area (Å²) >= 11 is 5.89. The second-order valence-electron chi connectivity index (χ2n) is 3.39. The fraction of sp³-hybridized carbons (Fsp3) is 0.625. The average Bonchev–Trinajstić information content (AvgIpc) is 2.43. The molecule has 0 saturated heterocycles. The molecule has 1 aromatic heterocycles. The molecule has 0 radical (unpaired) electrons. The molecule has 0 bridgehead atoms. The van der Waals surface area contributed by atoms with Crippen LogP contribution in [0.2, 0.25) is 5.02 Å². The van der Waals surface area contributed by atoms with Gasteiger partial charge in [0, 0.05) is 12.8 Å². The summed E-state index contributed by atoms with van der Waals surface area (Å²) in [6, 6.07) is -0.630. The highest BCUT2D eigenvalue weighted by atomic mass is 35.5. The molecule has 1 rings (SSSR count). The number of aromatic nitrogens is 2. The van der Waals surface area contributed by atoms with Crippen LogP contribution in [-0.4, -0.2) is 30.2 Å². The highest BCUT2D eigenvalue weighted by Gasteiger charge is 2.20. The van der Waals surface area contributed by atoms with Crippen molar-refractivity contribution in [3.8, 4) is 0 Å². The molecule has 1 atom stereocenters. The van der Waals surface area contributed by atoms with Crippen LogP contribution in [0.3, 0.4) is 0 Å². The SMILES string of the molecule is CCn1ncc(Cl)c1C(N)CS(C)(=O)=O. The molecule has 0 aliphatic carbocycles. The molecule has 0 aliphatic heterocycles. The van der Waals surface area contributed by atoms with E-state index >= 15 is 0 Å². The molecule has 0 fully saturated rings. The van der Waals surface area contributed by atoms with Crippen molar-refractivity contribution in [3.63, 3.8) is 0 Å². The lowest BCUT2D eigenvalue weighted by molar-refractivity contribution is 0.571. The molecule has 0 aliphatic rings. The van der Waals surface area contributed by atoms with Gasteiger partial charge in [-0.15, -0.1) is 0 Å². The van der Waals surface area contributed by atoms with E-state index in [1.165, 1.54) is 6.20 Å². The van der Waals surface area contributed by atoms with Crippen LogP contribution >= 0.6 is 11.6 Å². The number of halogens is 1. The number of hydrogen-bond donors (Lipinski definition) is 1. The lowest BCUT2D eigenvalue weighted by Crippen LogP contribution is -2.24. The van der Waals surface area contributed by atoms with Crippen LogP contribution in [0.5, 0.6) is 0 Å². The summed E-state index contributed by atoms with van der Waals surface area (Å²) in [4.78, 5) is 0. The second-order valence-corrected chi connectivity index (χ2v) is 5.98. The first-order chi connectivity index (χ1) is 6.85. The zero-order valence-corrected chi connectivity index (χ0v) is 10.2. The predicted octanol–water partition coefficient (Wildman–Crippen LogP) is 0.601. The lowest BCUT2D eigenvalue weighted by Gasteiger charge is -2.12. The van der Waals surface area contributed by atoms with Crippen LogP contribution in [0.4, 0.5) is 0 Å². The Labute approximate surface area is 94.1 Å². The van der Waals surface area contributed by atoms with Crippen molar-refractivity contribution in [1.29, 1.82) is 0 Å². The molecular formula is C8H14ClN3O2S. The molecule has 15 heavy (non-hydrogen) atoms. The van der Waals surface area contributed by atoms with Gasteiger partial charge in [0.05, 0.1) is 28.7 Å². The van der Waals surface area contributed by atoms with E-state index in [4.69, 9.17) is 17.3 Å². The Balaban J connectivity index is 2.99. The van der Waals surface area contributed by atoms with Crippen LogP contribution in [0, 0.1) is 0 Å². The number of hydrogen-bond acceptors (Lipinski definition) is 4. The fourth-order valence-corrected chi connectivity index (χ4v) is 2.49. The summed E-state index contributed by atoms with van der Waals surface area (Å²) < 4.78 is 23.8. The summed E-state index contributed by atoms with van der Waals surface area (Å²) in [6.07, 6.45) is 2.62.